The minimum atomic E-state index is -0.425. The Bertz CT molecular complexity index is 661. The summed E-state index contributed by atoms with van der Waals surface area (Å²) in [5.74, 6) is -0.170. The highest BCUT2D eigenvalue weighted by molar-refractivity contribution is 5.95. The first-order chi connectivity index (χ1) is 12.0. The van der Waals surface area contributed by atoms with Crippen LogP contribution in [0.4, 0.5) is 0 Å². The summed E-state index contributed by atoms with van der Waals surface area (Å²) in [6.45, 7) is 3.94. The molecular weight excluding hydrogens is 324 g/mol. The predicted octanol–water partition coefficient (Wildman–Crippen LogP) is 1.08. The van der Waals surface area contributed by atoms with Crippen LogP contribution in [0.2, 0.25) is 0 Å². The highest BCUT2D eigenvalue weighted by Crippen LogP contribution is 2.18. The molecule has 0 bridgehead atoms. The maximum Gasteiger partial charge on any atom is 0.308 e. The van der Waals surface area contributed by atoms with Crippen molar-refractivity contribution < 1.29 is 23.9 Å². The quantitative estimate of drug-likeness (QED) is 0.605. The summed E-state index contributed by atoms with van der Waals surface area (Å²) in [5.41, 5.74) is 0.470. The van der Waals surface area contributed by atoms with Crippen molar-refractivity contribution in [3.05, 3.63) is 29.8 Å². The van der Waals surface area contributed by atoms with E-state index < -0.39 is 5.97 Å². The maximum atomic E-state index is 12.6. The van der Waals surface area contributed by atoms with Crippen LogP contribution in [-0.4, -0.2) is 66.5 Å². The van der Waals surface area contributed by atoms with Gasteiger partial charge in [-0.15, -0.1) is 0 Å². The molecule has 1 unspecified atom stereocenters. The first-order valence-corrected chi connectivity index (χ1v) is 8.53. The first-order valence-electron chi connectivity index (χ1n) is 8.53. The highest BCUT2D eigenvalue weighted by Gasteiger charge is 2.31. The fourth-order valence-electron chi connectivity index (χ4n) is 3.15. The van der Waals surface area contributed by atoms with Crippen molar-refractivity contribution >= 4 is 17.8 Å². The van der Waals surface area contributed by atoms with E-state index in [2.05, 4.69) is 0 Å². The summed E-state index contributed by atoms with van der Waals surface area (Å²) in [4.78, 5) is 39.5. The van der Waals surface area contributed by atoms with Crippen molar-refractivity contribution in [2.75, 3.05) is 32.8 Å². The third-order valence-corrected chi connectivity index (χ3v) is 4.43. The molecule has 0 aromatic heterocycles. The van der Waals surface area contributed by atoms with Crippen molar-refractivity contribution in [3.8, 4) is 5.75 Å². The second kappa shape index (κ2) is 7.65. The van der Waals surface area contributed by atoms with E-state index in [1.165, 1.54) is 6.92 Å². The van der Waals surface area contributed by atoms with Gasteiger partial charge in [-0.25, -0.2) is 0 Å². The average molecular weight is 346 g/mol. The number of nitrogens with zero attached hydrogens (tertiary/aromatic N) is 2. The fraction of sp³-hybridized carbons (Fsp3) is 0.500. The van der Waals surface area contributed by atoms with Crippen LogP contribution in [0.5, 0.6) is 5.75 Å². The Morgan fingerprint density at radius 3 is 2.48 bits per heavy atom. The molecule has 7 heteroatoms. The number of carbonyl (C=O) groups is 3. The summed E-state index contributed by atoms with van der Waals surface area (Å²) in [6, 6.07) is 6.58. The number of carbonyl (C=O) groups excluding carboxylic acids is 3. The van der Waals surface area contributed by atoms with Gasteiger partial charge in [-0.3, -0.25) is 14.4 Å². The molecule has 0 saturated carbocycles. The van der Waals surface area contributed by atoms with Gasteiger partial charge in [-0.1, -0.05) is 6.07 Å². The standard InChI is InChI=1S/C18H22N2O5/c1-13(21)25-15-5-2-4-14(12-15)17(22)19-7-9-20(10-8-19)18(23)16-6-3-11-24-16/h2,4-5,12,16H,3,6-11H2,1H3. The molecule has 1 atom stereocenters. The van der Waals surface area contributed by atoms with E-state index in [9.17, 15) is 14.4 Å². The first kappa shape index (κ1) is 17.4. The van der Waals surface area contributed by atoms with E-state index in [0.717, 1.165) is 12.8 Å². The van der Waals surface area contributed by atoms with Gasteiger partial charge in [-0.2, -0.15) is 0 Å². The Morgan fingerprint density at radius 2 is 1.84 bits per heavy atom. The van der Waals surface area contributed by atoms with Crippen LogP contribution in [0.15, 0.2) is 24.3 Å². The number of piperazine rings is 1. The number of ether oxygens (including phenoxy) is 2. The van der Waals surface area contributed by atoms with Gasteiger partial charge < -0.3 is 19.3 Å². The van der Waals surface area contributed by atoms with E-state index in [1.54, 1.807) is 34.1 Å². The number of hydrogen-bond acceptors (Lipinski definition) is 5. The van der Waals surface area contributed by atoms with E-state index in [-0.39, 0.29) is 17.9 Å². The van der Waals surface area contributed by atoms with Gasteiger partial charge in [0.2, 0.25) is 0 Å². The van der Waals surface area contributed by atoms with Gasteiger partial charge in [0.1, 0.15) is 11.9 Å². The monoisotopic (exact) mass is 346 g/mol. The molecule has 1 aromatic rings. The third-order valence-electron chi connectivity index (χ3n) is 4.43. The van der Waals surface area contributed by atoms with Crippen LogP contribution in [0, 0.1) is 0 Å². The lowest BCUT2D eigenvalue weighted by molar-refractivity contribution is -0.142. The zero-order valence-corrected chi connectivity index (χ0v) is 14.3. The van der Waals surface area contributed by atoms with Gasteiger partial charge in [0, 0.05) is 45.3 Å². The predicted molar refractivity (Wildman–Crippen MR) is 89.2 cm³/mol. The lowest BCUT2D eigenvalue weighted by Gasteiger charge is -2.35. The molecule has 7 nitrogen and oxygen atoms in total. The molecule has 2 heterocycles. The molecule has 25 heavy (non-hydrogen) atoms. The molecule has 2 saturated heterocycles. The van der Waals surface area contributed by atoms with Gasteiger partial charge in [-0.05, 0) is 31.0 Å². The number of esters is 1. The van der Waals surface area contributed by atoms with E-state index >= 15 is 0 Å². The molecule has 2 amide bonds. The molecule has 0 N–H and O–H groups in total. The van der Waals surface area contributed by atoms with Crippen molar-refractivity contribution in [1.82, 2.24) is 9.80 Å². The summed E-state index contributed by atoms with van der Waals surface area (Å²) in [5, 5.41) is 0. The molecule has 2 fully saturated rings. The van der Waals surface area contributed by atoms with Crippen LogP contribution in [-0.2, 0) is 14.3 Å². The summed E-state index contributed by atoms with van der Waals surface area (Å²) < 4.78 is 10.5. The van der Waals surface area contributed by atoms with Gasteiger partial charge in [0.25, 0.3) is 11.8 Å². The minimum Gasteiger partial charge on any atom is -0.427 e. The largest absolute Gasteiger partial charge is 0.427 e. The Kier molecular flexibility index (Phi) is 5.33. The summed E-state index contributed by atoms with van der Waals surface area (Å²) in [7, 11) is 0. The van der Waals surface area contributed by atoms with Crippen molar-refractivity contribution in [2.45, 2.75) is 25.9 Å². The number of rotatable bonds is 3. The van der Waals surface area contributed by atoms with Gasteiger partial charge in [0.15, 0.2) is 0 Å². The van der Waals surface area contributed by atoms with E-state index in [1.807, 2.05) is 0 Å². The molecule has 0 radical (unpaired) electrons. The number of hydrogen-bond donors (Lipinski definition) is 0. The highest BCUT2D eigenvalue weighted by atomic mass is 16.5. The maximum absolute atomic E-state index is 12.6. The Hall–Kier alpha value is -2.41. The van der Waals surface area contributed by atoms with E-state index in [0.29, 0.717) is 44.1 Å². The number of benzene rings is 1. The Balaban J connectivity index is 1.58. The SMILES string of the molecule is CC(=O)Oc1cccc(C(=O)N2CCN(C(=O)C3CCCO3)CC2)c1. The van der Waals surface area contributed by atoms with Gasteiger partial charge in [0.05, 0.1) is 0 Å². The smallest absolute Gasteiger partial charge is 0.308 e. The molecule has 2 aliphatic rings. The Morgan fingerprint density at radius 1 is 1.12 bits per heavy atom. The second-order valence-corrected chi connectivity index (χ2v) is 6.24. The molecule has 2 aliphatic heterocycles. The minimum absolute atomic E-state index is 0.0291. The van der Waals surface area contributed by atoms with Gasteiger partial charge >= 0.3 is 5.97 Å². The zero-order valence-electron chi connectivity index (χ0n) is 14.3. The average Bonchev–Trinajstić information content (AvgIpc) is 3.15. The van der Waals surface area contributed by atoms with Crippen LogP contribution in [0.3, 0.4) is 0 Å². The van der Waals surface area contributed by atoms with Crippen LogP contribution in [0.1, 0.15) is 30.1 Å². The topological polar surface area (TPSA) is 76.2 Å². The molecule has 0 aliphatic carbocycles. The second-order valence-electron chi connectivity index (χ2n) is 6.24. The van der Waals surface area contributed by atoms with Crippen LogP contribution >= 0.6 is 0 Å². The molecule has 1 aromatic carbocycles. The van der Waals surface area contributed by atoms with Crippen molar-refractivity contribution in [1.29, 1.82) is 0 Å². The molecule has 0 spiro atoms. The Labute approximate surface area is 146 Å². The molecule has 3 rings (SSSR count). The lowest BCUT2D eigenvalue weighted by atomic mass is 10.1. The van der Waals surface area contributed by atoms with Crippen LogP contribution < -0.4 is 4.74 Å². The lowest BCUT2D eigenvalue weighted by Crippen LogP contribution is -2.52. The summed E-state index contributed by atoms with van der Waals surface area (Å²) >= 11 is 0. The third kappa shape index (κ3) is 4.17. The van der Waals surface area contributed by atoms with E-state index in [4.69, 9.17) is 9.47 Å². The van der Waals surface area contributed by atoms with Crippen molar-refractivity contribution in [3.63, 3.8) is 0 Å². The normalized spacial score (nSPS) is 20.4. The van der Waals surface area contributed by atoms with Crippen molar-refractivity contribution in [2.24, 2.45) is 0 Å². The zero-order chi connectivity index (χ0) is 17.8. The molecular formula is C18H22N2O5. The number of amides is 2. The fourth-order valence-corrected chi connectivity index (χ4v) is 3.15. The molecule has 134 valence electrons. The van der Waals surface area contributed by atoms with Crippen LogP contribution in [0.25, 0.3) is 0 Å². The summed E-state index contributed by atoms with van der Waals surface area (Å²) in [6.07, 6.45) is 1.39.